The number of fused-ring (bicyclic) bond motifs is 1. The molecule has 4 atom stereocenters. The van der Waals surface area contributed by atoms with Gasteiger partial charge in [-0.2, -0.15) is 0 Å². The predicted octanol–water partition coefficient (Wildman–Crippen LogP) is 3.50. The average molecular weight is 479 g/mol. The van der Waals surface area contributed by atoms with E-state index < -0.39 is 11.0 Å². The van der Waals surface area contributed by atoms with E-state index in [-0.39, 0.29) is 23.7 Å². The van der Waals surface area contributed by atoms with Crippen molar-refractivity contribution in [2.45, 2.75) is 55.2 Å². The quantitative estimate of drug-likeness (QED) is 0.488. The molecule has 2 fully saturated rings. The van der Waals surface area contributed by atoms with Crippen LogP contribution in [-0.2, 0) is 16.6 Å². The first-order valence-electron chi connectivity index (χ1n) is 12.3. The number of furan rings is 1. The van der Waals surface area contributed by atoms with Crippen LogP contribution in [0.1, 0.15) is 42.4 Å². The van der Waals surface area contributed by atoms with Crippen LogP contribution >= 0.6 is 0 Å². The molecule has 1 saturated carbocycles. The molecule has 1 aliphatic heterocycles. The molecule has 186 valence electrons. The maximum atomic E-state index is 13.1. The molecule has 0 unspecified atom stereocenters. The molecule has 1 amide bonds. The Bertz CT molecular complexity index is 1140. The molecule has 0 radical (unpaired) electrons. The smallest absolute Gasteiger partial charge is 0.246 e. The van der Waals surface area contributed by atoms with Crippen molar-refractivity contribution in [3.8, 4) is 11.5 Å². The minimum atomic E-state index is -0.991. The van der Waals surface area contributed by atoms with Gasteiger partial charge in [0.2, 0.25) is 5.91 Å². The second kappa shape index (κ2) is 8.88. The number of aromatic hydroxyl groups is 1. The molecule has 2 bridgehead atoms. The lowest BCUT2D eigenvalue weighted by Crippen LogP contribution is -2.74. The van der Waals surface area contributed by atoms with Crippen LogP contribution < -0.4 is 4.74 Å². The van der Waals surface area contributed by atoms with Gasteiger partial charge in [-0.1, -0.05) is 12.1 Å². The lowest BCUT2D eigenvalue weighted by Gasteiger charge is -2.65. The molecule has 7 nitrogen and oxygen atoms in total. The first kappa shape index (κ1) is 23.7. The van der Waals surface area contributed by atoms with Gasteiger partial charge in [0, 0.05) is 48.3 Å². The van der Waals surface area contributed by atoms with Crippen LogP contribution in [0.15, 0.2) is 53.9 Å². The number of piperidine rings is 1. The van der Waals surface area contributed by atoms with Gasteiger partial charge >= 0.3 is 0 Å². The van der Waals surface area contributed by atoms with E-state index in [1.807, 2.05) is 19.2 Å². The number of likely N-dealkylation sites (N-methyl/N-ethyl adjacent to an activating group) is 1. The first-order chi connectivity index (χ1) is 16.8. The van der Waals surface area contributed by atoms with E-state index in [4.69, 9.17) is 9.15 Å². The van der Waals surface area contributed by atoms with Crippen molar-refractivity contribution in [1.29, 1.82) is 0 Å². The molecule has 7 heteroatoms. The van der Waals surface area contributed by atoms with Gasteiger partial charge in [-0.25, -0.2) is 0 Å². The molecule has 1 saturated heterocycles. The van der Waals surface area contributed by atoms with E-state index in [9.17, 15) is 15.0 Å². The number of aliphatic hydroxyl groups is 1. The average Bonchev–Trinajstić information content (AvgIpc) is 3.37. The molecule has 2 aromatic rings. The number of hydrogen-bond acceptors (Lipinski definition) is 6. The summed E-state index contributed by atoms with van der Waals surface area (Å²) in [5.74, 6) is 0.452. The van der Waals surface area contributed by atoms with Crippen LogP contribution in [0.5, 0.6) is 11.5 Å². The van der Waals surface area contributed by atoms with E-state index >= 15 is 0 Å². The van der Waals surface area contributed by atoms with Crippen molar-refractivity contribution in [3.63, 3.8) is 0 Å². The summed E-state index contributed by atoms with van der Waals surface area (Å²) < 4.78 is 10.8. The molecule has 1 aromatic heterocycles. The highest BCUT2D eigenvalue weighted by Crippen LogP contribution is 2.61. The Morgan fingerprint density at radius 1 is 1.37 bits per heavy atom. The Hall–Kier alpha value is -3.03. The summed E-state index contributed by atoms with van der Waals surface area (Å²) >= 11 is 0. The number of phenolic OH excluding ortho intramolecular Hbond substituents is 1. The minimum absolute atomic E-state index is 0.0543. The number of rotatable bonds is 6. The molecule has 3 aliphatic rings. The van der Waals surface area contributed by atoms with Crippen molar-refractivity contribution in [2.24, 2.45) is 0 Å². The standard InChI is InChI=1S/C28H34N2O5/c1-4-13-30-14-12-27-17-21(29(2)24(32)8-5-19-10-15-35-18-19)9-11-28(27,33)23(30)16-20-6-7-22(31)26(34-3)25(20)27/h4-8,10,15,18,21,23,31,33H,1,9,11-14,16-17H2,2-3H3/b8-5+/t21-,23+,27+,28+/m0/s1. The van der Waals surface area contributed by atoms with Gasteiger partial charge in [-0.05, 0) is 62.4 Å². The van der Waals surface area contributed by atoms with Gasteiger partial charge in [0.05, 0.1) is 25.2 Å². The van der Waals surface area contributed by atoms with Gasteiger partial charge < -0.3 is 24.3 Å². The van der Waals surface area contributed by atoms with Crippen LogP contribution in [0.25, 0.3) is 6.08 Å². The van der Waals surface area contributed by atoms with Crippen LogP contribution in [-0.4, -0.2) is 70.9 Å². The summed E-state index contributed by atoms with van der Waals surface area (Å²) in [7, 11) is 3.40. The normalized spacial score (nSPS) is 29.9. The molecule has 2 aliphatic carbocycles. The number of amides is 1. The molecule has 5 rings (SSSR count). The number of nitrogens with zero attached hydrogens (tertiary/aromatic N) is 2. The third-order valence-corrected chi connectivity index (χ3v) is 8.63. The second-order valence-corrected chi connectivity index (χ2v) is 10.1. The Morgan fingerprint density at radius 2 is 2.20 bits per heavy atom. The fraction of sp³-hybridized carbons (Fsp3) is 0.464. The predicted molar refractivity (Wildman–Crippen MR) is 133 cm³/mol. The van der Waals surface area contributed by atoms with Gasteiger partial charge in [0.15, 0.2) is 11.5 Å². The lowest BCUT2D eigenvalue weighted by molar-refractivity contribution is -0.175. The fourth-order valence-corrected chi connectivity index (χ4v) is 6.92. The van der Waals surface area contributed by atoms with E-state index in [0.717, 1.165) is 23.2 Å². The van der Waals surface area contributed by atoms with Gasteiger partial charge in [0.1, 0.15) is 0 Å². The SMILES string of the molecule is C=CCN1CC[C@]23C[C@@H](N(C)C(=O)/C=C/c4ccoc4)CC[C@@]2(O)[C@H]1Cc1ccc(O)c(OC)c13. The maximum Gasteiger partial charge on any atom is 0.246 e. The van der Waals surface area contributed by atoms with Crippen molar-refractivity contribution in [1.82, 2.24) is 9.80 Å². The van der Waals surface area contributed by atoms with E-state index in [1.54, 1.807) is 48.8 Å². The fourth-order valence-electron chi connectivity index (χ4n) is 6.92. The largest absolute Gasteiger partial charge is 0.504 e. The highest BCUT2D eigenvalue weighted by atomic mass is 16.5. The summed E-state index contributed by atoms with van der Waals surface area (Å²) in [5.41, 5.74) is 1.23. The molecule has 2 heterocycles. The number of likely N-dealkylation sites (tertiary alicyclic amines) is 1. The number of ether oxygens (including phenoxy) is 1. The molecular formula is C28H34N2O5. The number of hydrogen-bond donors (Lipinski definition) is 2. The summed E-state index contributed by atoms with van der Waals surface area (Å²) in [4.78, 5) is 17.2. The number of methoxy groups -OCH3 is 1. The second-order valence-electron chi connectivity index (χ2n) is 10.1. The Labute approximate surface area is 206 Å². The van der Waals surface area contributed by atoms with E-state index in [0.29, 0.717) is 44.4 Å². The molecular weight excluding hydrogens is 444 g/mol. The topological polar surface area (TPSA) is 86.4 Å². The third kappa shape index (κ3) is 3.60. The summed E-state index contributed by atoms with van der Waals surface area (Å²) in [6.45, 7) is 5.45. The third-order valence-electron chi connectivity index (χ3n) is 8.63. The Kier molecular flexibility index (Phi) is 6.01. The van der Waals surface area contributed by atoms with Crippen LogP contribution in [0.2, 0.25) is 0 Å². The van der Waals surface area contributed by atoms with Gasteiger partial charge in [-0.15, -0.1) is 6.58 Å². The highest BCUT2D eigenvalue weighted by Gasteiger charge is 2.65. The maximum absolute atomic E-state index is 13.1. The zero-order valence-corrected chi connectivity index (χ0v) is 20.4. The van der Waals surface area contributed by atoms with Crippen molar-refractivity contribution in [2.75, 3.05) is 27.2 Å². The van der Waals surface area contributed by atoms with E-state index in [2.05, 4.69) is 11.5 Å². The number of phenols is 1. The molecule has 35 heavy (non-hydrogen) atoms. The van der Waals surface area contributed by atoms with Crippen LogP contribution in [0, 0.1) is 0 Å². The van der Waals surface area contributed by atoms with Crippen molar-refractivity contribution >= 4 is 12.0 Å². The Balaban J connectivity index is 1.54. The molecule has 1 aromatic carbocycles. The monoisotopic (exact) mass is 478 g/mol. The van der Waals surface area contributed by atoms with Crippen molar-refractivity contribution < 1.29 is 24.2 Å². The van der Waals surface area contributed by atoms with E-state index in [1.165, 1.54) is 0 Å². The van der Waals surface area contributed by atoms with Gasteiger partial charge in [0.25, 0.3) is 0 Å². The summed E-state index contributed by atoms with van der Waals surface area (Å²) in [6.07, 6.45) is 11.7. The zero-order valence-electron chi connectivity index (χ0n) is 20.4. The summed E-state index contributed by atoms with van der Waals surface area (Å²) in [5, 5.41) is 23.1. The number of benzene rings is 1. The molecule has 0 spiro atoms. The first-order valence-corrected chi connectivity index (χ1v) is 12.3. The number of carbonyl (C=O) groups excluding carboxylic acids is 1. The summed E-state index contributed by atoms with van der Waals surface area (Å²) in [6, 6.07) is 5.34. The molecule has 2 N–H and O–H groups in total. The van der Waals surface area contributed by atoms with Gasteiger partial charge in [-0.3, -0.25) is 9.69 Å². The number of carbonyl (C=O) groups is 1. The van der Waals surface area contributed by atoms with Crippen LogP contribution in [0.4, 0.5) is 0 Å². The minimum Gasteiger partial charge on any atom is -0.504 e. The Morgan fingerprint density at radius 3 is 2.91 bits per heavy atom. The zero-order chi connectivity index (χ0) is 24.8. The van der Waals surface area contributed by atoms with Crippen LogP contribution in [0.3, 0.4) is 0 Å². The lowest BCUT2D eigenvalue weighted by atomic mass is 9.48. The van der Waals surface area contributed by atoms with Crippen molar-refractivity contribution in [3.05, 3.63) is 66.1 Å². The highest BCUT2D eigenvalue weighted by molar-refractivity contribution is 5.91.